The first kappa shape index (κ1) is 12.9. The van der Waals surface area contributed by atoms with Gasteiger partial charge in [-0.3, -0.25) is 4.79 Å². The standard InChI is InChI=1S/C14H19NO3/c1-4-18-14(17)12-8(2)13-10(15-9(12)3)6-5-7-11(13)16/h8,15H,4-7H2,1-3H3/t8-/m0/s1. The molecule has 1 N–H and O–H groups in total. The quantitative estimate of drug-likeness (QED) is 0.761. The number of esters is 1. The zero-order chi connectivity index (χ0) is 13.3. The van der Waals surface area contributed by atoms with E-state index < -0.39 is 0 Å². The number of allylic oxidation sites excluding steroid dienone is 3. The topological polar surface area (TPSA) is 55.4 Å². The van der Waals surface area contributed by atoms with Gasteiger partial charge >= 0.3 is 5.97 Å². The summed E-state index contributed by atoms with van der Waals surface area (Å²) < 4.78 is 5.07. The lowest BCUT2D eigenvalue weighted by Crippen LogP contribution is -2.34. The number of hydrogen-bond donors (Lipinski definition) is 1. The minimum Gasteiger partial charge on any atom is -0.463 e. The summed E-state index contributed by atoms with van der Waals surface area (Å²) in [5.74, 6) is -0.321. The number of Topliss-reactive ketones (excluding diaryl/α,β-unsaturated/α-hetero) is 1. The van der Waals surface area contributed by atoms with Crippen LogP contribution in [0.5, 0.6) is 0 Å². The third-order valence-corrected chi connectivity index (χ3v) is 3.56. The van der Waals surface area contributed by atoms with E-state index in [-0.39, 0.29) is 17.7 Å². The molecule has 0 unspecified atom stereocenters. The Morgan fingerprint density at radius 1 is 1.44 bits per heavy atom. The molecule has 0 aromatic carbocycles. The number of carbonyl (C=O) groups is 2. The molecule has 2 rings (SSSR count). The van der Waals surface area contributed by atoms with E-state index in [9.17, 15) is 9.59 Å². The van der Waals surface area contributed by atoms with Gasteiger partial charge in [0.1, 0.15) is 0 Å². The second kappa shape index (κ2) is 4.96. The summed E-state index contributed by atoms with van der Waals surface area (Å²) in [5, 5.41) is 3.21. The normalized spacial score (nSPS) is 23.7. The van der Waals surface area contributed by atoms with E-state index in [0.717, 1.165) is 29.8 Å². The molecule has 1 aliphatic carbocycles. The SMILES string of the molecule is CCOC(=O)C1=C(C)NC2=C(C(=O)CCC2)[C@H]1C. The van der Waals surface area contributed by atoms with Crippen LogP contribution in [0.15, 0.2) is 22.5 Å². The van der Waals surface area contributed by atoms with Gasteiger partial charge in [-0.05, 0) is 26.7 Å². The minimum absolute atomic E-state index is 0.158. The molecule has 0 radical (unpaired) electrons. The molecule has 0 fully saturated rings. The van der Waals surface area contributed by atoms with Gasteiger partial charge < -0.3 is 10.1 Å². The molecule has 1 heterocycles. The Morgan fingerprint density at radius 3 is 2.83 bits per heavy atom. The van der Waals surface area contributed by atoms with E-state index >= 15 is 0 Å². The summed E-state index contributed by atoms with van der Waals surface area (Å²) in [5.41, 5.74) is 3.17. The lowest BCUT2D eigenvalue weighted by atomic mass is 9.80. The van der Waals surface area contributed by atoms with Crippen molar-refractivity contribution < 1.29 is 14.3 Å². The first-order valence-corrected chi connectivity index (χ1v) is 6.47. The van der Waals surface area contributed by atoms with Crippen LogP contribution < -0.4 is 5.32 Å². The second-order valence-corrected chi connectivity index (χ2v) is 4.77. The Hall–Kier alpha value is -1.58. The van der Waals surface area contributed by atoms with E-state index in [1.807, 2.05) is 13.8 Å². The molecule has 0 saturated carbocycles. The van der Waals surface area contributed by atoms with Crippen molar-refractivity contribution in [1.29, 1.82) is 0 Å². The zero-order valence-electron chi connectivity index (χ0n) is 11.1. The number of rotatable bonds is 2. The summed E-state index contributed by atoms with van der Waals surface area (Å²) in [4.78, 5) is 23.9. The fourth-order valence-corrected chi connectivity index (χ4v) is 2.80. The van der Waals surface area contributed by atoms with Gasteiger partial charge in [0.05, 0.1) is 12.2 Å². The van der Waals surface area contributed by atoms with Crippen molar-refractivity contribution in [2.45, 2.75) is 40.0 Å². The summed E-state index contributed by atoms with van der Waals surface area (Å²) in [6.45, 7) is 5.91. The van der Waals surface area contributed by atoms with Crippen LogP contribution in [0.2, 0.25) is 0 Å². The summed E-state index contributed by atoms with van der Waals surface area (Å²) in [6.07, 6.45) is 2.36. The molecule has 98 valence electrons. The van der Waals surface area contributed by atoms with Crippen molar-refractivity contribution in [2.24, 2.45) is 5.92 Å². The Balaban J connectivity index is 2.34. The van der Waals surface area contributed by atoms with Crippen LogP contribution in [-0.2, 0) is 14.3 Å². The van der Waals surface area contributed by atoms with Crippen molar-refractivity contribution in [1.82, 2.24) is 5.32 Å². The number of ether oxygens (including phenoxy) is 1. The highest BCUT2D eigenvalue weighted by atomic mass is 16.5. The molecule has 4 nitrogen and oxygen atoms in total. The van der Waals surface area contributed by atoms with E-state index in [1.54, 1.807) is 6.92 Å². The number of hydrogen-bond acceptors (Lipinski definition) is 4. The van der Waals surface area contributed by atoms with Crippen molar-refractivity contribution in [3.05, 3.63) is 22.5 Å². The third-order valence-electron chi connectivity index (χ3n) is 3.56. The largest absolute Gasteiger partial charge is 0.463 e. The Kier molecular flexibility index (Phi) is 3.55. The zero-order valence-corrected chi connectivity index (χ0v) is 11.1. The lowest BCUT2D eigenvalue weighted by molar-refractivity contribution is -0.139. The number of carbonyl (C=O) groups excluding carboxylic acids is 2. The maximum Gasteiger partial charge on any atom is 0.336 e. The fourth-order valence-electron chi connectivity index (χ4n) is 2.80. The van der Waals surface area contributed by atoms with Crippen molar-refractivity contribution in [3.63, 3.8) is 0 Å². The highest BCUT2D eigenvalue weighted by Gasteiger charge is 2.35. The molecule has 0 amide bonds. The van der Waals surface area contributed by atoms with Crippen LogP contribution in [0.4, 0.5) is 0 Å². The molecule has 0 saturated heterocycles. The number of nitrogens with one attached hydrogen (secondary N) is 1. The van der Waals surface area contributed by atoms with Crippen LogP contribution in [-0.4, -0.2) is 18.4 Å². The molecular weight excluding hydrogens is 230 g/mol. The van der Waals surface area contributed by atoms with Crippen LogP contribution in [0.25, 0.3) is 0 Å². The Labute approximate surface area is 107 Å². The van der Waals surface area contributed by atoms with Crippen LogP contribution >= 0.6 is 0 Å². The summed E-state index contributed by atoms with van der Waals surface area (Å²) in [7, 11) is 0. The van der Waals surface area contributed by atoms with Crippen LogP contribution in [0.3, 0.4) is 0 Å². The minimum atomic E-state index is -0.320. The maximum absolute atomic E-state index is 12.0. The predicted molar refractivity (Wildman–Crippen MR) is 67.5 cm³/mol. The maximum atomic E-state index is 12.0. The van der Waals surface area contributed by atoms with Gasteiger partial charge in [0, 0.05) is 29.3 Å². The Bertz CT molecular complexity index is 460. The third kappa shape index (κ3) is 2.07. The van der Waals surface area contributed by atoms with Gasteiger partial charge in [0.25, 0.3) is 0 Å². The van der Waals surface area contributed by atoms with Crippen molar-refractivity contribution in [2.75, 3.05) is 6.61 Å². The van der Waals surface area contributed by atoms with Gasteiger partial charge in [-0.25, -0.2) is 4.79 Å². The van der Waals surface area contributed by atoms with Gasteiger partial charge in [-0.15, -0.1) is 0 Å². The first-order chi connectivity index (χ1) is 8.56. The van der Waals surface area contributed by atoms with Crippen molar-refractivity contribution >= 4 is 11.8 Å². The predicted octanol–water partition coefficient (Wildman–Crippen LogP) is 2.07. The Morgan fingerprint density at radius 2 is 2.17 bits per heavy atom. The summed E-state index contributed by atoms with van der Waals surface area (Å²) in [6, 6.07) is 0. The lowest BCUT2D eigenvalue weighted by Gasteiger charge is -2.31. The van der Waals surface area contributed by atoms with Gasteiger partial charge in [-0.1, -0.05) is 6.92 Å². The van der Waals surface area contributed by atoms with Crippen LogP contribution in [0, 0.1) is 5.92 Å². The summed E-state index contributed by atoms with van der Waals surface area (Å²) >= 11 is 0. The molecule has 1 aliphatic heterocycles. The fraction of sp³-hybridized carbons (Fsp3) is 0.571. The second-order valence-electron chi connectivity index (χ2n) is 4.77. The molecule has 0 spiro atoms. The van der Waals surface area contributed by atoms with E-state index in [4.69, 9.17) is 4.74 Å². The molecule has 2 aliphatic rings. The highest BCUT2D eigenvalue weighted by molar-refractivity contribution is 6.01. The monoisotopic (exact) mass is 249 g/mol. The van der Waals surface area contributed by atoms with E-state index in [0.29, 0.717) is 18.6 Å². The molecular formula is C14H19NO3. The van der Waals surface area contributed by atoms with Crippen molar-refractivity contribution in [3.8, 4) is 0 Å². The molecule has 1 atom stereocenters. The smallest absolute Gasteiger partial charge is 0.336 e. The number of ketones is 1. The molecule has 0 aromatic heterocycles. The number of dihydropyridines is 1. The average molecular weight is 249 g/mol. The van der Waals surface area contributed by atoms with E-state index in [2.05, 4.69) is 5.32 Å². The van der Waals surface area contributed by atoms with Gasteiger partial charge in [-0.2, -0.15) is 0 Å². The van der Waals surface area contributed by atoms with Gasteiger partial charge in [0.2, 0.25) is 0 Å². The molecule has 18 heavy (non-hydrogen) atoms. The molecule has 0 bridgehead atoms. The van der Waals surface area contributed by atoms with E-state index in [1.165, 1.54) is 0 Å². The van der Waals surface area contributed by atoms with Gasteiger partial charge in [0.15, 0.2) is 5.78 Å². The highest BCUT2D eigenvalue weighted by Crippen LogP contribution is 2.35. The molecule has 0 aromatic rings. The van der Waals surface area contributed by atoms with Crippen LogP contribution in [0.1, 0.15) is 40.0 Å². The average Bonchev–Trinajstić information content (AvgIpc) is 2.28. The first-order valence-electron chi connectivity index (χ1n) is 6.47. The molecule has 4 heteroatoms.